The Labute approximate surface area is 172 Å². The van der Waals surface area contributed by atoms with Crippen LogP contribution in [0.4, 0.5) is 0 Å². The van der Waals surface area contributed by atoms with Crippen molar-refractivity contribution in [2.24, 2.45) is 11.0 Å². The van der Waals surface area contributed by atoms with E-state index in [0.717, 1.165) is 17.9 Å². The molecule has 1 unspecified atom stereocenters. The summed E-state index contributed by atoms with van der Waals surface area (Å²) in [5.41, 5.74) is 8.71. The van der Waals surface area contributed by atoms with Crippen molar-refractivity contribution in [2.45, 2.75) is 33.6 Å². The Kier molecular flexibility index (Phi) is 5.23. The van der Waals surface area contributed by atoms with Crippen LogP contribution in [0.5, 0.6) is 0 Å². The van der Waals surface area contributed by atoms with E-state index in [0.29, 0.717) is 5.92 Å². The molecule has 4 rings (SSSR count). The summed E-state index contributed by atoms with van der Waals surface area (Å²) in [7, 11) is 0. The van der Waals surface area contributed by atoms with Crippen molar-refractivity contribution in [1.29, 1.82) is 0 Å². The third kappa shape index (κ3) is 3.45. The molecule has 1 aromatic rings. The lowest BCUT2D eigenvalue weighted by molar-refractivity contribution is 0.493. The van der Waals surface area contributed by atoms with Crippen molar-refractivity contribution in [3.63, 3.8) is 0 Å². The van der Waals surface area contributed by atoms with Gasteiger partial charge in [-0.25, -0.2) is 5.01 Å². The van der Waals surface area contributed by atoms with Crippen LogP contribution in [-0.4, -0.2) is 11.2 Å². The Balaban J connectivity index is 1.91. The first-order valence-electron chi connectivity index (χ1n) is 9.85. The molecule has 2 nitrogen and oxygen atoms in total. The molecule has 0 bridgehead atoms. The van der Waals surface area contributed by atoms with Crippen molar-refractivity contribution in [2.75, 3.05) is 0 Å². The standard InChI is InChI=1S/C25H25ClN2/c1-4-19-7-5-6-8-22(25(19)23-15-21(26)11-9-17(23)2)20-10-12-24-18(3)13-14-27-28(24)16-20/h5-12,14-16,19H,4,13H2,1-3H3. The van der Waals surface area contributed by atoms with Crippen molar-refractivity contribution in [3.8, 4) is 0 Å². The van der Waals surface area contributed by atoms with Gasteiger partial charge in [0.15, 0.2) is 0 Å². The molecule has 142 valence electrons. The molecule has 2 heterocycles. The summed E-state index contributed by atoms with van der Waals surface area (Å²) in [4.78, 5) is 0. The van der Waals surface area contributed by atoms with Crippen LogP contribution in [0, 0.1) is 12.8 Å². The minimum atomic E-state index is 0.333. The van der Waals surface area contributed by atoms with E-state index in [9.17, 15) is 0 Å². The van der Waals surface area contributed by atoms with Gasteiger partial charge in [-0.15, -0.1) is 0 Å². The Hall–Kier alpha value is -2.58. The van der Waals surface area contributed by atoms with Crippen LogP contribution in [0.2, 0.25) is 5.02 Å². The van der Waals surface area contributed by atoms with Gasteiger partial charge in [-0.05, 0) is 66.3 Å². The number of hydrazone groups is 1. The second kappa shape index (κ2) is 7.81. The monoisotopic (exact) mass is 388 g/mol. The maximum absolute atomic E-state index is 6.39. The number of rotatable bonds is 3. The van der Waals surface area contributed by atoms with Crippen molar-refractivity contribution < 1.29 is 0 Å². The van der Waals surface area contributed by atoms with Gasteiger partial charge in [0.1, 0.15) is 0 Å². The number of aryl methyl sites for hydroxylation is 1. The van der Waals surface area contributed by atoms with Gasteiger partial charge in [0.2, 0.25) is 0 Å². The largest absolute Gasteiger partial charge is 0.241 e. The first-order chi connectivity index (χ1) is 13.6. The molecule has 0 N–H and O–H groups in total. The van der Waals surface area contributed by atoms with Gasteiger partial charge in [0, 0.05) is 35.3 Å². The van der Waals surface area contributed by atoms with Gasteiger partial charge in [-0.1, -0.05) is 55.0 Å². The molecule has 3 heteroatoms. The van der Waals surface area contributed by atoms with E-state index in [4.69, 9.17) is 11.6 Å². The molecule has 0 saturated carbocycles. The molecule has 28 heavy (non-hydrogen) atoms. The van der Waals surface area contributed by atoms with Crippen LogP contribution in [0.3, 0.4) is 0 Å². The van der Waals surface area contributed by atoms with Gasteiger partial charge in [0.25, 0.3) is 0 Å². The summed E-state index contributed by atoms with van der Waals surface area (Å²) < 4.78 is 0. The summed E-state index contributed by atoms with van der Waals surface area (Å²) in [6, 6.07) is 6.17. The van der Waals surface area contributed by atoms with Crippen LogP contribution in [0.25, 0.3) is 5.57 Å². The van der Waals surface area contributed by atoms with Crippen molar-refractivity contribution >= 4 is 23.4 Å². The molecule has 0 amide bonds. The van der Waals surface area contributed by atoms with Crippen LogP contribution < -0.4 is 0 Å². The quantitative estimate of drug-likeness (QED) is 0.545. The van der Waals surface area contributed by atoms with E-state index >= 15 is 0 Å². The predicted molar refractivity (Wildman–Crippen MR) is 120 cm³/mol. The molecule has 1 aliphatic carbocycles. The normalized spacial score (nSPS) is 21.2. The molecular formula is C25H25ClN2. The molecule has 1 atom stereocenters. The smallest absolute Gasteiger partial charge is 0.0638 e. The van der Waals surface area contributed by atoms with Crippen molar-refractivity contribution in [1.82, 2.24) is 5.01 Å². The molecule has 0 saturated heterocycles. The van der Waals surface area contributed by atoms with Crippen molar-refractivity contribution in [3.05, 3.63) is 99.4 Å². The number of allylic oxidation sites excluding steroid dienone is 10. The SMILES string of the molecule is CCC1C=CC=CC(C2=CN3N=CCC(C)=C3C=C2)=C1c1cc(Cl)ccc1C. The fraction of sp³-hybridized carbons (Fsp3) is 0.240. The summed E-state index contributed by atoms with van der Waals surface area (Å²) in [5.74, 6) is 0.333. The first kappa shape index (κ1) is 18.8. The zero-order valence-corrected chi connectivity index (χ0v) is 17.4. The molecular weight excluding hydrogens is 364 g/mol. The van der Waals surface area contributed by atoms with E-state index in [1.807, 2.05) is 17.3 Å². The zero-order valence-electron chi connectivity index (χ0n) is 16.6. The molecule has 3 aliphatic rings. The average molecular weight is 389 g/mol. The summed E-state index contributed by atoms with van der Waals surface area (Å²) in [6.45, 7) is 6.56. The second-order valence-corrected chi connectivity index (χ2v) is 7.91. The van der Waals surface area contributed by atoms with Crippen LogP contribution in [0.15, 0.2) is 88.4 Å². The Morgan fingerprint density at radius 3 is 2.82 bits per heavy atom. The number of hydrogen-bond donors (Lipinski definition) is 0. The van der Waals surface area contributed by atoms with E-state index in [2.05, 4.69) is 80.7 Å². The number of benzene rings is 1. The Bertz CT molecular complexity index is 1010. The molecule has 0 fully saturated rings. The number of fused-ring (bicyclic) bond motifs is 1. The number of hydrogen-bond acceptors (Lipinski definition) is 2. The lowest BCUT2D eigenvalue weighted by Crippen LogP contribution is -2.18. The molecule has 2 aliphatic heterocycles. The molecule has 0 spiro atoms. The van der Waals surface area contributed by atoms with Gasteiger partial charge in [0.05, 0.1) is 5.70 Å². The molecule has 0 radical (unpaired) electrons. The summed E-state index contributed by atoms with van der Waals surface area (Å²) in [6.07, 6.45) is 19.3. The summed E-state index contributed by atoms with van der Waals surface area (Å²) in [5, 5.41) is 7.35. The Morgan fingerprint density at radius 1 is 1.14 bits per heavy atom. The van der Waals surface area contributed by atoms with Crippen LogP contribution in [0.1, 0.15) is 37.8 Å². The topological polar surface area (TPSA) is 15.6 Å². The zero-order chi connectivity index (χ0) is 19.7. The fourth-order valence-corrected chi connectivity index (χ4v) is 4.18. The van der Waals surface area contributed by atoms with Gasteiger partial charge in [-0.3, -0.25) is 0 Å². The van der Waals surface area contributed by atoms with Gasteiger partial charge >= 0.3 is 0 Å². The first-order valence-corrected chi connectivity index (χ1v) is 10.2. The van der Waals surface area contributed by atoms with E-state index < -0.39 is 0 Å². The minimum Gasteiger partial charge on any atom is -0.241 e. The number of nitrogens with zero attached hydrogens (tertiary/aromatic N) is 2. The van der Waals surface area contributed by atoms with E-state index in [-0.39, 0.29) is 0 Å². The highest BCUT2D eigenvalue weighted by Crippen LogP contribution is 2.39. The predicted octanol–water partition coefficient (Wildman–Crippen LogP) is 6.97. The van der Waals surface area contributed by atoms with Crippen LogP contribution in [-0.2, 0) is 0 Å². The Morgan fingerprint density at radius 2 is 2.00 bits per heavy atom. The highest BCUT2D eigenvalue weighted by Gasteiger charge is 2.23. The number of halogens is 1. The highest BCUT2D eigenvalue weighted by molar-refractivity contribution is 6.30. The summed E-state index contributed by atoms with van der Waals surface area (Å²) >= 11 is 6.39. The van der Waals surface area contributed by atoms with Gasteiger partial charge in [-0.2, -0.15) is 5.10 Å². The third-order valence-corrected chi connectivity index (χ3v) is 5.82. The third-order valence-electron chi connectivity index (χ3n) is 5.59. The molecule has 1 aromatic carbocycles. The maximum Gasteiger partial charge on any atom is 0.0638 e. The maximum atomic E-state index is 6.39. The highest BCUT2D eigenvalue weighted by atomic mass is 35.5. The molecule has 0 aromatic heterocycles. The van der Waals surface area contributed by atoms with E-state index in [1.165, 1.54) is 39.1 Å². The second-order valence-electron chi connectivity index (χ2n) is 7.48. The van der Waals surface area contributed by atoms with E-state index in [1.54, 1.807) is 0 Å². The average Bonchev–Trinajstić information content (AvgIpc) is 2.92. The minimum absolute atomic E-state index is 0.333. The van der Waals surface area contributed by atoms with Crippen LogP contribution >= 0.6 is 11.6 Å². The van der Waals surface area contributed by atoms with Gasteiger partial charge < -0.3 is 0 Å². The lowest BCUT2D eigenvalue weighted by Gasteiger charge is -2.28. The lowest BCUT2D eigenvalue weighted by atomic mass is 9.82. The fourth-order valence-electron chi connectivity index (χ4n) is 4.01.